The second kappa shape index (κ2) is 5.73. The lowest BCUT2D eigenvalue weighted by molar-refractivity contribution is 0.242. The minimum Gasteiger partial charge on any atom is -0.339 e. The third-order valence-electron chi connectivity index (χ3n) is 3.03. The first-order valence-corrected chi connectivity index (χ1v) is 6.12. The van der Waals surface area contributed by atoms with Crippen LogP contribution in [0.3, 0.4) is 0 Å². The zero-order chi connectivity index (χ0) is 13.0. The molecule has 2 aromatic rings. The molecule has 0 aliphatic heterocycles. The first-order chi connectivity index (χ1) is 8.70. The zero-order valence-electron chi connectivity index (χ0n) is 11.0. The van der Waals surface area contributed by atoms with Crippen LogP contribution in [0.1, 0.15) is 37.2 Å². The lowest BCUT2D eigenvalue weighted by Crippen LogP contribution is -2.22. The number of hydrogen-bond donors (Lipinski definition) is 0. The summed E-state index contributed by atoms with van der Waals surface area (Å²) in [4.78, 5) is 10.6. The molecule has 0 aliphatic carbocycles. The second-order valence-electron chi connectivity index (χ2n) is 4.34. The van der Waals surface area contributed by atoms with Crippen LogP contribution in [-0.4, -0.2) is 27.1 Å². The molecule has 0 fully saturated rings. The van der Waals surface area contributed by atoms with Gasteiger partial charge in [-0.3, -0.25) is 9.88 Å². The van der Waals surface area contributed by atoms with Gasteiger partial charge in [-0.15, -0.1) is 0 Å². The Morgan fingerprint density at radius 3 is 2.89 bits per heavy atom. The third-order valence-corrected chi connectivity index (χ3v) is 3.03. The largest absolute Gasteiger partial charge is 0.339 e. The van der Waals surface area contributed by atoms with E-state index in [-0.39, 0.29) is 6.04 Å². The lowest BCUT2D eigenvalue weighted by atomic mass is 10.1. The number of aromatic nitrogens is 3. The average Bonchev–Trinajstić information content (AvgIpc) is 2.86. The summed E-state index contributed by atoms with van der Waals surface area (Å²) >= 11 is 0. The fourth-order valence-corrected chi connectivity index (χ4v) is 1.74. The van der Waals surface area contributed by atoms with E-state index in [0.29, 0.717) is 12.4 Å². The van der Waals surface area contributed by atoms with Crippen LogP contribution in [0.2, 0.25) is 0 Å². The molecule has 2 aromatic heterocycles. The molecule has 0 bridgehead atoms. The van der Waals surface area contributed by atoms with E-state index in [1.807, 2.05) is 26.2 Å². The number of pyridine rings is 1. The summed E-state index contributed by atoms with van der Waals surface area (Å²) in [6, 6.07) is 4.28. The van der Waals surface area contributed by atoms with E-state index in [1.54, 1.807) is 6.20 Å². The van der Waals surface area contributed by atoms with Crippen molar-refractivity contribution in [1.82, 2.24) is 20.0 Å². The summed E-state index contributed by atoms with van der Waals surface area (Å²) in [5.41, 5.74) is 1.18. The number of rotatable bonds is 5. The molecule has 5 nitrogen and oxygen atoms in total. The van der Waals surface area contributed by atoms with Crippen molar-refractivity contribution < 1.29 is 4.52 Å². The number of hydrogen-bond acceptors (Lipinski definition) is 5. The Kier molecular flexibility index (Phi) is 4.04. The maximum Gasteiger partial charge on any atom is 0.226 e. The molecular formula is C13H18N4O. The van der Waals surface area contributed by atoms with Crippen molar-refractivity contribution in [2.24, 2.45) is 0 Å². The summed E-state index contributed by atoms with van der Waals surface area (Å²) in [6.07, 6.45) is 4.44. The van der Waals surface area contributed by atoms with E-state index in [1.165, 1.54) is 5.56 Å². The Morgan fingerprint density at radius 1 is 1.44 bits per heavy atom. The third kappa shape index (κ3) is 2.92. The molecule has 0 spiro atoms. The van der Waals surface area contributed by atoms with E-state index < -0.39 is 0 Å². The van der Waals surface area contributed by atoms with Gasteiger partial charge in [-0.2, -0.15) is 4.98 Å². The highest BCUT2D eigenvalue weighted by atomic mass is 16.5. The van der Waals surface area contributed by atoms with Crippen LogP contribution >= 0.6 is 0 Å². The predicted octanol–water partition coefficient (Wildman–Crippen LogP) is 2.22. The maximum absolute atomic E-state index is 5.10. The molecule has 2 rings (SSSR count). The molecule has 0 aliphatic rings. The van der Waals surface area contributed by atoms with E-state index in [2.05, 4.69) is 33.0 Å². The summed E-state index contributed by atoms with van der Waals surface area (Å²) in [5, 5.41) is 3.96. The van der Waals surface area contributed by atoms with Crippen LogP contribution in [0, 0.1) is 0 Å². The van der Waals surface area contributed by atoms with Crippen LogP contribution in [-0.2, 0) is 13.0 Å². The molecule has 2 heterocycles. The van der Waals surface area contributed by atoms with Gasteiger partial charge in [0.25, 0.3) is 0 Å². The average molecular weight is 246 g/mol. The smallest absolute Gasteiger partial charge is 0.226 e. The molecule has 0 N–H and O–H groups in total. The van der Waals surface area contributed by atoms with Gasteiger partial charge >= 0.3 is 0 Å². The van der Waals surface area contributed by atoms with Crippen LogP contribution in [0.4, 0.5) is 0 Å². The van der Waals surface area contributed by atoms with Crippen molar-refractivity contribution in [2.45, 2.75) is 32.9 Å². The monoisotopic (exact) mass is 246 g/mol. The Bertz CT molecular complexity index is 483. The zero-order valence-corrected chi connectivity index (χ0v) is 11.0. The van der Waals surface area contributed by atoms with Gasteiger partial charge in [0.05, 0.1) is 6.54 Å². The van der Waals surface area contributed by atoms with Gasteiger partial charge in [0.15, 0.2) is 5.82 Å². The quantitative estimate of drug-likeness (QED) is 0.809. The first-order valence-electron chi connectivity index (χ1n) is 6.12. The summed E-state index contributed by atoms with van der Waals surface area (Å²) < 4.78 is 5.10. The molecule has 0 radical (unpaired) electrons. The highest BCUT2D eigenvalue weighted by molar-refractivity contribution is 5.13. The molecule has 18 heavy (non-hydrogen) atoms. The summed E-state index contributed by atoms with van der Waals surface area (Å²) in [6.45, 7) is 4.80. The van der Waals surface area contributed by atoms with Gasteiger partial charge in [-0.1, -0.05) is 18.1 Å². The molecule has 1 atom stereocenters. The summed E-state index contributed by atoms with van der Waals surface area (Å²) in [5.74, 6) is 1.41. The molecule has 0 saturated carbocycles. The van der Waals surface area contributed by atoms with Crippen molar-refractivity contribution in [3.63, 3.8) is 0 Å². The van der Waals surface area contributed by atoms with Crippen molar-refractivity contribution in [1.29, 1.82) is 0 Å². The Hall–Kier alpha value is -1.75. The maximum atomic E-state index is 5.10. The fourth-order valence-electron chi connectivity index (χ4n) is 1.74. The van der Waals surface area contributed by atoms with Crippen LogP contribution in [0.25, 0.3) is 0 Å². The predicted molar refractivity (Wildman–Crippen MR) is 67.8 cm³/mol. The minimum atomic E-state index is 0.266. The second-order valence-corrected chi connectivity index (χ2v) is 4.34. The first kappa shape index (κ1) is 12.7. The molecule has 96 valence electrons. The van der Waals surface area contributed by atoms with E-state index >= 15 is 0 Å². The van der Waals surface area contributed by atoms with Gasteiger partial charge in [0, 0.05) is 24.9 Å². The fraction of sp³-hybridized carbons (Fsp3) is 0.462. The number of nitrogens with zero attached hydrogens (tertiary/aromatic N) is 4. The van der Waals surface area contributed by atoms with Crippen molar-refractivity contribution >= 4 is 0 Å². The molecule has 0 saturated heterocycles. The Morgan fingerprint density at radius 2 is 2.28 bits per heavy atom. The van der Waals surface area contributed by atoms with Crippen molar-refractivity contribution in [3.8, 4) is 0 Å². The van der Waals surface area contributed by atoms with Crippen molar-refractivity contribution in [2.75, 3.05) is 7.05 Å². The highest BCUT2D eigenvalue weighted by Crippen LogP contribution is 2.18. The Balaban J connectivity index is 2.01. The van der Waals surface area contributed by atoms with Crippen LogP contribution in [0.15, 0.2) is 29.0 Å². The Labute approximate surface area is 107 Å². The van der Waals surface area contributed by atoms with Gasteiger partial charge in [-0.25, -0.2) is 0 Å². The van der Waals surface area contributed by atoms with Gasteiger partial charge in [-0.05, 0) is 25.6 Å². The minimum absolute atomic E-state index is 0.266. The standard InChI is InChI=1S/C13H18N4O/c1-4-13-15-12(16-18-13)9-17(3)10(2)11-6-5-7-14-8-11/h5-8,10H,4,9H2,1-3H3/t10-/m0/s1. The van der Waals surface area contributed by atoms with Crippen LogP contribution < -0.4 is 0 Å². The molecule has 0 unspecified atom stereocenters. The van der Waals surface area contributed by atoms with Gasteiger partial charge in [0.1, 0.15) is 0 Å². The van der Waals surface area contributed by atoms with E-state index in [4.69, 9.17) is 4.52 Å². The molecule has 5 heteroatoms. The normalized spacial score (nSPS) is 12.9. The topological polar surface area (TPSA) is 55.1 Å². The van der Waals surface area contributed by atoms with E-state index in [9.17, 15) is 0 Å². The van der Waals surface area contributed by atoms with Crippen molar-refractivity contribution in [3.05, 3.63) is 41.8 Å². The van der Waals surface area contributed by atoms with E-state index in [0.717, 1.165) is 12.2 Å². The van der Waals surface area contributed by atoms with Gasteiger partial charge in [0.2, 0.25) is 5.89 Å². The lowest BCUT2D eigenvalue weighted by Gasteiger charge is -2.23. The molecular weight excluding hydrogens is 228 g/mol. The molecule has 0 amide bonds. The van der Waals surface area contributed by atoms with Gasteiger partial charge < -0.3 is 4.52 Å². The number of aryl methyl sites for hydroxylation is 1. The molecule has 0 aromatic carbocycles. The summed E-state index contributed by atoms with van der Waals surface area (Å²) in [7, 11) is 2.04. The van der Waals surface area contributed by atoms with Crippen LogP contribution in [0.5, 0.6) is 0 Å². The highest BCUT2D eigenvalue weighted by Gasteiger charge is 2.14. The SMILES string of the molecule is CCc1nc(CN(C)[C@@H](C)c2cccnc2)no1.